The maximum absolute atomic E-state index is 11.9. The third-order valence-corrected chi connectivity index (χ3v) is 5.09. The molecule has 0 fully saturated rings. The Labute approximate surface area is 190 Å². The third kappa shape index (κ3) is 5.70. The first kappa shape index (κ1) is 23.0. The van der Waals surface area contributed by atoms with Crippen LogP contribution in [0.1, 0.15) is 30.5 Å². The lowest BCUT2D eigenvalue weighted by molar-refractivity contribution is -0.385. The molecule has 7 nitrogen and oxygen atoms in total. The van der Waals surface area contributed by atoms with Crippen LogP contribution in [0.2, 0.25) is 5.02 Å². The normalized spacial score (nSPS) is 11.1. The number of hydrogen-bond donors (Lipinski definition) is 2. The molecule has 8 heteroatoms. The zero-order valence-electron chi connectivity index (χ0n) is 17.6. The van der Waals surface area contributed by atoms with Crippen LogP contribution in [-0.4, -0.2) is 22.2 Å². The van der Waals surface area contributed by atoms with Crippen molar-refractivity contribution in [1.29, 1.82) is 0 Å². The first-order valence-electron chi connectivity index (χ1n) is 9.93. The number of aliphatic imine (C=N–C) groups is 1. The van der Waals surface area contributed by atoms with Crippen molar-refractivity contribution < 1.29 is 14.8 Å². The molecule has 3 aromatic rings. The number of nitro groups is 1. The highest BCUT2D eigenvalue weighted by molar-refractivity contribution is 6.31. The average Bonchev–Trinajstić information content (AvgIpc) is 2.75. The van der Waals surface area contributed by atoms with E-state index in [-0.39, 0.29) is 17.4 Å². The van der Waals surface area contributed by atoms with Gasteiger partial charge in [0.25, 0.3) is 0 Å². The Morgan fingerprint density at radius 1 is 1.19 bits per heavy atom. The molecule has 0 aromatic heterocycles. The first-order chi connectivity index (χ1) is 15.2. The number of carbonyl (C=O) groups excluding carboxylic acids is 1. The predicted octanol–water partition coefficient (Wildman–Crippen LogP) is 5.89. The molecule has 0 aliphatic rings. The van der Waals surface area contributed by atoms with Gasteiger partial charge < -0.3 is 10.4 Å². The minimum Gasteiger partial charge on any atom is -0.502 e. The van der Waals surface area contributed by atoms with Gasteiger partial charge in [0.2, 0.25) is 11.7 Å². The summed E-state index contributed by atoms with van der Waals surface area (Å²) in [5.74, 6) is -0.752. The van der Waals surface area contributed by atoms with Gasteiger partial charge in [-0.3, -0.25) is 19.9 Å². The summed E-state index contributed by atoms with van der Waals surface area (Å²) < 4.78 is 0. The van der Waals surface area contributed by atoms with Gasteiger partial charge in [0, 0.05) is 34.5 Å². The van der Waals surface area contributed by atoms with Gasteiger partial charge in [0.15, 0.2) is 0 Å². The lowest BCUT2D eigenvalue weighted by Crippen LogP contribution is -2.17. The SMILES string of the molecule is CC(C)C(=O)Nc1cccc(N=Cc2cc(Cc3ccccc3Cl)cc([N+](=O)[O-])c2O)c1. The summed E-state index contributed by atoms with van der Waals surface area (Å²) in [7, 11) is 0. The molecule has 0 spiro atoms. The van der Waals surface area contributed by atoms with Crippen LogP contribution in [0.4, 0.5) is 17.1 Å². The van der Waals surface area contributed by atoms with E-state index in [9.17, 15) is 20.0 Å². The molecule has 0 aliphatic carbocycles. The molecule has 2 N–H and O–H groups in total. The Morgan fingerprint density at radius 2 is 1.94 bits per heavy atom. The molecule has 0 bridgehead atoms. The standard InChI is InChI=1S/C24H22ClN3O4/c1-15(2)24(30)27-20-8-5-7-19(13-20)26-14-18-11-16(12-22(23(18)29)28(31)32)10-17-6-3-4-9-21(17)25/h3-9,11-15,29H,10H2,1-2H3,(H,27,30). The van der Waals surface area contributed by atoms with Crippen LogP contribution in [0.5, 0.6) is 5.75 Å². The summed E-state index contributed by atoms with van der Waals surface area (Å²) in [4.78, 5) is 27.1. The molecule has 0 atom stereocenters. The number of phenolic OH excluding ortho intramolecular Hbond substituents is 1. The van der Waals surface area contributed by atoms with Crippen molar-refractivity contribution in [3.8, 4) is 5.75 Å². The largest absolute Gasteiger partial charge is 0.502 e. The fourth-order valence-electron chi connectivity index (χ4n) is 3.00. The lowest BCUT2D eigenvalue weighted by Gasteiger charge is -2.09. The van der Waals surface area contributed by atoms with Crippen LogP contribution < -0.4 is 5.32 Å². The van der Waals surface area contributed by atoms with E-state index in [1.807, 2.05) is 12.1 Å². The van der Waals surface area contributed by atoms with Crippen LogP contribution in [0.15, 0.2) is 65.7 Å². The molecule has 0 aliphatic heterocycles. The summed E-state index contributed by atoms with van der Waals surface area (Å²) in [6, 6.07) is 17.1. The topological polar surface area (TPSA) is 105 Å². The number of amides is 1. The molecule has 1 amide bonds. The summed E-state index contributed by atoms with van der Waals surface area (Å²) in [5, 5.41) is 25.2. The van der Waals surface area contributed by atoms with Gasteiger partial charge in [-0.15, -0.1) is 0 Å². The Hall–Kier alpha value is -3.71. The molecule has 164 valence electrons. The van der Waals surface area contributed by atoms with Crippen molar-refractivity contribution in [3.63, 3.8) is 0 Å². The van der Waals surface area contributed by atoms with Crippen LogP contribution in [0.3, 0.4) is 0 Å². The van der Waals surface area contributed by atoms with Gasteiger partial charge >= 0.3 is 5.69 Å². The van der Waals surface area contributed by atoms with E-state index in [1.165, 1.54) is 12.3 Å². The van der Waals surface area contributed by atoms with Crippen molar-refractivity contribution in [1.82, 2.24) is 0 Å². The van der Waals surface area contributed by atoms with Crippen LogP contribution in [0.25, 0.3) is 0 Å². The monoisotopic (exact) mass is 451 g/mol. The van der Waals surface area contributed by atoms with E-state index in [0.717, 1.165) is 5.56 Å². The number of carbonyl (C=O) groups is 1. The molecule has 0 saturated heterocycles. The number of anilines is 1. The Kier molecular flexibility index (Phi) is 7.22. The molecule has 3 rings (SSSR count). The maximum Gasteiger partial charge on any atom is 0.311 e. The number of aromatic hydroxyl groups is 1. The van der Waals surface area contributed by atoms with Crippen molar-refractivity contribution in [2.24, 2.45) is 10.9 Å². The van der Waals surface area contributed by atoms with Gasteiger partial charge in [0.1, 0.15) is 0 Å². The van der Waals surface area contributed by atoms with E-state index < -0.39 is 16.4 Å². The highest BCUT2D eigenvalue weighted by Gasteiger charge is 2.19. The van der Waals surface area contributed by atoms with Crippen LogP contribution in [0, 0.1) is 16.0 Å². The minimum atomic E-state index is -0.634. The van der Waals surface area contributed by atoms with Crippen LogP contribution in [-0.2, 0) is 11.2 Å². The predicted molar refractivity (Wildman–Crippen MR) is 126 cm³/mol. The second-order valence-corrected chi connectivity index (χ2v) is 7.94. The highest BCUT2D eigenvalue weighted by atomic mass is 35.5. The number of rotatable bonds is 7. The smallest absolute Gasteiger partial charge is 0.311 e. The van der Waals surface area contributed by atoms with Crippen LogP contribution >= 0.6 is 11.6 Å². The van der Waals surface area contributed by atoms with Gasteiger partial charge in [-0.1, -0.05) is 49.7 Å². The summed E-state index contributed by atoms with van der Waals surface area (Å²) in [5.41, 5.74) is 2.32. The number of nitrogens with one attached hydrogen (secondary N) is 1. The molecular weight excluding hydrogens is 430 g/mol. The third-order valence-electron chi connectivity index (χ3n) is 4.72. The molecule has 0 saturated carbocycles. The van der Waals surface area contributed by atoms with Gasteiger partial charge in [0.05, 0.1) is 10.6 Å². The lowest BCUT2D eigenvalue weighted by atomic mass is 10.0. The fraction of sp³-hybridized carbons (Fsp3) is 0.167. The highest BCUT2D eigenvalue weighted by Crippen LogP contribution is 2.32. The van der Waals surface area contributed by atoms with Gasteiger partial charge in [-0.2, -0.15) is 0 Å². The second kappa shape index (κ2) is 10.1. The molecular formula is C24H22ClN3O4. The number of hydrogen-bond acceptors (Lipinski definition) is 5. The first-order valence-corrected chi connectivity index (χ1v) is 10.3. The van der Waals surface area contributed by atoms with Crippen molar-refractivity contribution in [2.75, 3.05) is 5.32 Å². The molecule has 0 heterocycles. The summed E-state index contributed by atoms with van der Waals surface area (Å²) in [6.45, 7) is 3.59. The zero-order valence-corrected chi connectivity index (χ0v) is 18.3. The van der Waals surface area contributed by atoms with E-state index in [1.54, 1.807) is 56.3 Å². The average molecular weight is 452 g/mol. The van der Waals surface area contributed by atoms with Crippen molar-refractivity contribution in [2.45, 2.75) is 20.3 Å². The molecule has 3 aromatic carbocycles. The number of benzene rings is 3. The molecule has 0 unspecified atom stereocenters. The fourth-order valence-corrected chi connectivity index (χ4v) is 3.20. The van der Waals surface area contributed by atoms with Gasteiger partial charge in [-0.05, 0) is 47.9 Å². The van der Waals surface area contributed by atoms with E-state index in [2.05, 4.69) is 10.3 Å². The number of halogens is 1. The quantitative estimate of drug-likeness (QED) is 0.265. The zero-order chi connectivity index (χ0) is 23.3. The Balaban J connectivity index is 1.92. The number of nitro benzene ring substituents is 1. The van der Waals surface area contributed by atoms with Gasteiger partial charge in [-0.25, -0.2) is 0 Å². The van der Waals surface area contributed by atoms with E-state index >= 15 is 0 Å². The summed E-state index contributed by atoms with van der Waals surface area (Å²) >= 11 is 6.22. The maximum atomic E-state index is 11.9. The Bertz CT molecular complexity index is 1190. The molecule has 0 radical (unpaired) electrons. The molecule has 32 heavy (non-hydrogen) atoms. The number of nitrogens with zero attached hydrogens (tertiary/aromatic N) is 2. The summed E-state index contributed by atoms with van der Waals surface area (Å²) in [6.07, 6.45) is 1.72. The van der Waals surface area contributed by atoms with Crippen molar-refractivity contribution >= 4 is 40.8 Å². The van der Waals surface area contributed by atoms with Crippen molar-refractivity contribution in [3.05, 3.63) is 92.5 Å². The number of phenols is 1. The Morgan fingerprint density at radius 3 is 2.62 bits per heavy atom. The second-order valence-electron chi connectivity index (χ2n) is 7.53. The van der Waals surface area contributed by atoms with E-state index in [0.29, 0.717) is 28.4 Å². The minimum absolute atomic E-state index is 0.119. The van der Waals surface area contributed by atoms with E-state index in [4.69, 9.17) is 11.6 Å².